The van der Waals surface area contributed by atoms with Crippen molar-refractivity contribution < 1.29 is 19.1 Å². The lowest BCUT2D eigenvalue weighted by molar-refractivity contribution is -0.120. The van der Waals surface area contributed by atoms with Crippen LogP contribution in [0.4, 0.5) is 0 Å². The molecular weight excluding hydrogens is 330 g/mol. The molecule has 0 radical (unpaired) electrons. The fourth-order valence-electron chi connectivity index (χ4n) is 3.37. The summed E-state index contributed by atoms with van der Waals surface area (Å²) in [6.45, 7) is 2.11. The van der Waals surface area contributed by atoms with Gasteiger partial charge in [-0.3, -0.25) is 9.59 Å². The van der Waals surface area contributed by atoms with Crippen LogP contribution in [0.3, 0.4) is 0 Å². The molecule has 0 aromatic heterocycles. The fraction of sp³-hybridized carbons (Fsp3) is 0.250. The van der Waals surface area contributed by atoms with Crippen molar-refractivity contribution in [3.63, 3.8) is 0 Å². The van der Waals surface area contributed by atoms with Crippen LogP contribution in [-0.2, 0) is 11.3 Å². The molecule has 2 unspecified atom stereocenters. The number of methoxy groups -OCH3 is 1. The standard InChI is InChI=1S/C20H19N3O3/c1-13(18(24)11-22-21)19-16-5-3-4-6-17(16)20(25)23(19)12-14-7-9-15(26-2)10-8-14/h3-11,13,19H,12H2,1-2H3. The van der Waals surface area contributed by atoms with E-state index in [1.165, 1.54) is 0 Å². The lowest BCUT2D eigenvalue weighted by Gasteiger charge is -2.28. The summed E-state index contributed by atoms with van der Waals surface area (Å²) in [5.74, 6) is -0.232. The first-order valence-corrected chi connectivity index (χ1v) is 8.31. The molecule has 6 nitrogen and oxygen atoms in total. The number of carbonyl (C=O) groups is 2. The first-order valence-electron chi connectivity index (χ1n) is 8.31. The van der Waals surface area contributed by atoms with Crippen molar-refractivity contribution in [3.8, 4) is 5.75 Å². The van der Waals surface area contributed by atoms with Gasteiger partial charge < -0.3 is 15.2 Å². The van der Waals surface area contributed by atoms with E-state index in [-0.39, 0.29) is 11.7 Å². The van der Waals surface area contributed by atoms with Crippen LogP contribution in [0.15, 0.2) is 48.5 Å². The highest BCUT2D eigenvalue weighted by Gasteiger charge is 2.42. The second kappa shape index (κ2) is 7.33. The van der Waals surface area contributed by atoms with Crippen LogP contribution < -0.4 is 4.74 Å². The van der Waals surface area contributed by atoms with Crippen molar-refractivity contribution in [1.29, 1.82) is 0 Å². The van der Waals surface area contributed by atoms with Crippen LogP contribution in [0.25, 0.3) is 5.53 Å². The van der Waals surface area contributed by atoms with Crippen molar-refractivity contribution in [1.82, 2.24) is 4.90 Å². The molecule has 0 aliphatic carbocycles. The lowest BCUT2D eigenvalue weighted by Crippen LogP contribution is -2.34. The van der Waals surface area contributed by atoms with Crippen LogP contribution in [0.2, 0.25) is 0 Å². The van der Waals surface area contributed by atoms with Gasteiger partial charge in [0.25, 0.3) is 5.91 Å². The summed E-state index contributed by atoms with van der Waals surface area (Å²) >= 11 is 0. The van der Waals surface area contributed by atoms with Gasteiger partial charge in [0, 0.05) is 12.1 Å². The third kappa shape index (κ3) is 3.15. The van der Waals surface area contributed by atoms with E-state index in [9.17, 15) is 9.59 Å². The van der Waals surface area contributed by atoms with Gasteiger partial charge in [-0.25, -0.2) is 0 Å². The molecule has 1 amide bonds. The second-order valence-electron chi connectivity index (χ2n) is 6.25. The van der Waals surface area contributed by atoms with Gasteiger partial charge in [0.1, 0.15) is 5.75 Å². The molecule has 0 saturated heterocycles. The molecule has 2 aromatic rings. The zero-order chi connectivity index (χ0) is 18.7. The zero-order valence-corrected chi connectivity index (χ0v) is 14.6. The number of Topliss-reactive ketones (excluding diaryl/α,β-unsaturated/α-hetero) is 1. The minimum absolute atomic E-state index is 0.109. The average Bonchev–Trinajstić information content (AvgIpc) is 2.94. The van der Waals surface area contributed by atoms with Gasteiger partial charge in [0.2, 0.25) is 5.78 Å². The molecule has 26 heavy (non-hydrogen) atoms. The van der Waals surface area contributed by atoms with E-state index in [0.29, 0.717) is 12.1 Å². The highest BCUT2D eigenvalue weighted by atomic mass is 16.5. The Morgan fingerprint density at radius 1 is 1.27 bits per heavy atom. The maximum absolute atomic E-state index is 12.9. The number of hydrogen-bond acceptors (Lipinski definition) is 3. The molecule has 6 heteroatoms. The van der Waals surface area contributed by atoms with Crippen LogP contribution in [0.1, 0.15) is 34.5 Å². The molecule has 0 bridgehead atoms. The number of amides is 1. The van der Waals surface area contributed by atoms with E-state index >= 15 is 0 Å². The Bertz CT molecular complexity index is 885. The lowest BCUT2D eigenvalue weighted by atomic mass is 9.91. The predicted octanol–water partition coefficient (Wildman–Crippen LogP) is 2.90. The molecule has 3 rings (SSSR count). The Labute approximate surface area is 151 Å². The summed E-state index contributed by atoms with van der Waals surface area (Å²) in [5.41, 5.74) is 11.0. The molecule has 132 valence electrons. The van der Waals surface area contributed by atoms with Crippen molar-refractivity contribution in [2.45, 2.75) is 19.5 Å². The molecule has 0 spiro atoms. The fourth-order valence-corrected chi connectivity index (χ4v) is 3.37. The Morgan fingerprint density at radius 3 is 2.62 bits per heavy atom. The van der Waals surface area contributed by atoms with Crippen LogP contribution in [-0.4, -0.2) is 34.7 Å². The van der Waals surface area contributed by atoms with Gasteiger partial charge in [-0.15, -0.1) is 0 Å². The smallest absolute Gasteiger partial charge is 0.323 e. The number of rotatable bonds is 6. The normalized spacial score (nSPS) is 16.6. The Hall–Kier alpha value is -3.24. The second-order valence-corrected chi connectivity index (χ2v) is 6.25. The highest BCUT2D eigenvalue weighted by Crippen LogP contribution is 2.39. The average molecular weight is 349 g/mol. The maximum atomic E-state index is 12.9. The molecule has 1 heterocycles. The van der Waals surface area contributed by atoms with Gasteiger partial charge in [0.05, 0.1) is 19.1 Å². The minimum Gasteiger partial charge on any atom is -0.497 e. The topological polar surface area (TPSA) is 83.0 Å². The largest absolute Gasteiger partial charge is 0.497 e. The van der Waals surface area contributed by atoms with E-state index in [0.717, 1.165) is 23.1 Å². The van der Waals surface area contributed by atoms with Gasteiger partial charge in [-0.2, -0.15) is 4.79 Å². The van der Waals surface area contributed by atoms with Gasteiger partial charge in [0.15, 0.2) is 0 Å². The van der Waals surface area contributed by atoms with Gasteiger partial charge in [-0.05, 0) is 29.3 Å². The monoisotopic (exact) mass is 349 g/mol. The number of hydrogen-bond donors (Lipinski definition) is 0. The Kier molecular flexibility index (Phi) is 4.96. The van der Waals surface area contributed by atoms with Crippen LogP contribution in [0, 0.1) is 5.92 Å². The van der Waals surface area contributed by atoms with Crippen molar-refractivity contribution in [3.05, 3.63) is 70.8 Å². The molecule has 1 aliphatic rings. The molecular formula is C20H19N3O3. The van der Waals surface area contributed by atoms with Crippen LogP contribution >= 0.6 is 0 Å². The third-order valence-corrected chi connectivity index (χ3v) is 4.73. The van der Waals surface area contributed by atoms with Crippen molar-refractivity contribution in [2.24, 2.45) is 5.92 Å². The van der Waals surface area contributed by atoms with Crippen molar-refractivity contribution >= 4 is 17.9 Å². The highest BCUT2D eigenvalue weighted by molar-refractivity contribution is 6.26. The third-order valence-electron chi connectivity index (χ3n) is 4.73. The number of ether oxygens (including phenoxy) is 1. The number of carbonyl (C=O) groups excluding carboxylic acids is 2. The molecule has 0 saturated carbocycles. The quantitative estimate of drug-likeness (QED) is 0.457. The van der Waals surface area contributed by atoms with Crippen LogP contribution in [0.5, 0.6) is 5.75 Å². The molecule has 1 aliphatic heterocycles. The Morgan fingerprint density at radius 2 is 1.96 bits per heavy atom. The maximum Gasteiger partial charge on any atom is 0.323 e. The van der Waals surface area contributed by atoms with E-state index in [1.807, 2.05) is 42.5 Å². The first kappa shape index (κ1) is 17.6. The minimum atomic E-state index is -0.531. The molecule has 2 atom stereocenters. The predicted molar refractivity (Wildman–Crippen MR) is 95.9 cm³/mol. The number of benzene rings is 2. The summed E-state index contributed by atoms with van der Waals surface area (Å²) in [6, 6.07) is 14.4. The Balaban J connectivity index is 1.96. The summed E-state index contributed by atoms with van der Waals surface area (Å²) in [4.78, 5) is 29.7. The number of nitrogens with zero attached hydrogens (tertiary/aromatic N) is 3. The van der Waals surface area contributed by atoms with E-state index < -0.39 is 12.0 Å². The van der Waals surface area contributed by atoms with Gasteiger partial charge in [-0.1, -0.05) is 37.3 Å². The number of ketones is 1. The molecule has 0 N–H and O–H groups in total. The van der Waals surface area contributed by atoms with E-state index in [4.69, 9.17) is 10.3 Å². The van der Waals surface area contributed by atoms with Gasteiger partial charge >= 0.3 is 6.21 Å². The van der Waals surface area contributed by atoms with Crippen molar-refractivity contribution in [2.75, 3.05) is 7.11 Å². The zero-order valence-electron chi connectivity index (χ0n) is 14.6. The molecule has 0 fully saturated rings. The summed E-state index contributed by atoms with van der Waals surface area (Å²) < 4.78 is 5.17. The number of fused-ring (bicyclic) bond motifs is 1. The summed E-state index contributed by atoms with van der Waals surface area (Å²) in [7, 11) is 1.60. The summed E-state index contributed by atoms with van der Waals surface area (Å²) in [6.07, 6.45) is 0.891. The SMILES string of the molecule is COc1ccc(CN2C(=O)c3ccccc3C2C(C)C(=O)C=[N+]=[N-])cc1. The first-order chi connectivity index (χ1) is 12.6. The van der Waals surface area contributed by atoms with E-state index in [2.05, 4.69) is 4.79 Å². The van der Waals surface area contributed by atoms with E-state index in [1.54, 1.807) is 25.0 Å². The molecule has 2 aromatic carbocycles. The summed E-state index contributed by atoms with van der Waals surface area (Å²) in [5, 5.41) is 0.